The minimum atomic E-state index is -3.78. The van der Waals surface area contributed by atoms with Crippen LogP contribution in [0.5, 0.6) is 0 Å². The molecule has 0 spiro atoms. The van der Waals surface area contributed by atoms with Gasteiger partial charge in [0.15, 0.2) is 0 Å². The van der Waals surface area contributed by atoms with Crippen LogP contribution in [0, 0.1) is 10.1 Å². The Hall–Kier alpha value is -2.20. The molecule has 0 bridgehead atoms. The van der Waals surface area contributed by atoms with Crippen molar-refractivity contribution in [2.24, 2.45) is 0 Å². The molecule has 1 rings (SSSR count). The summed E-state index contributed by atoms with van der Waals surface area (Å²) in [4.78, 5) is 20.9. The predicted octanol–water partition coefficient (Wildman–Crippen LogP) is 0.0878. The van der Waals surface area contributed by atoms with E-state index < -0.39 is 26.6 Å². The van der Waals surface area contributed by atoms with Crippen LogP contribution in [0.3, 0.4) is 0 Å². The molecule has 20 heavy (non-hydrogen) atoms. The van der Waals surface area contributed by atoms with Crippen LogP contribution in [0.25, 0.3) is 0 Å². The number of nitrogens with one attached hydrogen (secondary N) is 2. The molecule has 0 saturated heterocycles. The quantitative estimate of drug-likeness (QED) is 0.433. The van der Waals surface area contributed by atoms with E-state index in [9.17, 15) is 23.3 Å². The molecular formula is C10H13N3O6S. The maximum absolute atomic E-state index is 11.6. The molecule has 0 aliphatic heterocycles. The number of carbonyl (C=O) groups is 1. The average molecular weight is 303 g/mol. The Morgan fingerprint density at radius 1 is 1.45 bits per heavy atom. The summed E-state index contributed by atoms with van der Waals surface area (Å²) in [6.45, 7) is -0.268. The highest BCUT2D eigenvalue weighted by Crippen LogP contribution is 2.27. The first-order chi connectivity index (χ1) is 9.31. The first-order valence-electron chi connectivity index (χ1n) is 5.34. The highest BCUT2D eigenvalue weighted by Gasteiger charge is 2.20. The van der Waals surface area contributed by atoms with E-state index in [1.807, 2.05) is 0 Å². The van der Waals surface area contributed by atoms with E-state index in [4.69, 9.17) is 0 Å². The van der Waals surface area contributed by atoms with Gasteiger partial charge in [-0.15, -0.1) is 0 Å². The highest BCUT2D eigenvalue weighted by atomic mass is 32.2. The van der Waals surface area contributed by atoms with E-state index in [0.717, 1.165) is 6.07 Å². The topological polar surface area (TPSA) is 128 Å². The van der Waals surface area contributed by atoms with Gasteiger partial charge in [0.25, 0.3) is 5.69 Å². The van der Waals surface area contributed by atoms with E-state index in [1.54, 1.807) is 0 Å². The number of nitro benzene ring substituents is 1. The Morgan fingerprint density at radius 2 is 2.10 bits per heavy atom. The fourth-order valence-electron chi connectivity index (χ4n) is 1.34. The molecule has 1 aromatic carbocycles. The summed E-state index contributed by atoms with van der Waals surface area (Å²) in [5.41, 5.74) is -0.430. The molecule has 0 saturated carbocycles. The standard InChI is InChI=1S/C10H13N3O6S/c1-11-20(17,18)7-3-4-8(9(5-7)13(15)16)12-6-10(14)19-2/h3-5,11-12H,6H2,1-2H3. The normalized spacial score (nSPS) is 10.9. The van der Waals surface area contributed by atoms with Gasteiger partial charge in [-0.3, -0.25) is 14.9 Å². The van der Waals surface area contributed by atoms with Crippen molar-refractivity contribution in [2.45, 2.75) is 4.90 Å². The number of rotatable bonds is 6. The van der Waals surface area contributed by atoms with Crippen molar-refractivity contribution < 1.29 is 22.9 Å². The monoisotopic (exact) mass is 303 g/mol. The number of methoxy groups -OCH3 is 1. The molecule has 1 aromatic rings. The van der Waals surface area contributed by atoms with Gasteiger partial charge in [0.05, 0.1) is 16.9 Å². The van der Waals surface area contributed by atoms with Crippen LogP contribution in [0.15, 0.2) is 23.1 Å². The largest absolute Gasteiger partial charge is 0.468 e. The third-order valence-electron chi connectivity index (χ3n) is 2.40. The second-order valence-corrected chi connectivity index (χ2v) is 5.46. The molecule has 10 heteroatoms. The van der Waals surface area contributed by atoms with Gasteiger partial charge in [0, 0.05) is 6.07 Å². The summed E-state index contributed by atoms with van der Waals surface area (Å²) in [6, 6.07) is 3.31. The lowest BCUT2D eigenvalue weighted by Crippen LogP contribution is -2.19. The van der Waals surface area contributed by atoms with E-state index in [1.165, 1.54) is 26.3 Å². The zero-order valence-electron chi connectivity index (χ0n) is 10.7. The maximum Gasteiger partial charge on any atom is 0.325 e. The van der Waals surface area contributed by atoms with Crippen molar-refractivity contribution in [3.8, 4) is 0 Å². The van der Waals surface area contributed by atoms with Crippen LogP contribution in [0.2, 0.25) is 0 Å². The van der Waals surface area contributed by atoms with Crippen LogP contribution in [0.1, 0.15) is 0 Å². The van der Waals surface area contributed by atoms with Gasteiger partial charge in [-0.25, -0.2) is 13.1 Å². The zero-order valence-corrected chi connectivity index (χ0v) is 11.6. The highest BCUT2D eigenvalue weighted by molar-refractivity contribution is 7.89. The molecule has 9 nitrogen and oxygen atoms in total. The Labute approximate surface area is 115 Å². The summed E-state index contributed by atoms with van der Waals surface area (Å²) in [6.07, 6.45) is 0. The fraction of sp³-hybridized carbons (Fsp3) is 0.300. The first-order valence-corrected chi connectivity index (χ1v) is 6.83. The van der Waals surface area contributed by atoms with Crippen LogP contribution < -0.4 is 10.0 Å². The number of anilines is 1. The van der Waals surface area contributed by atoms with Crippen molar-refractivity contribution in [3.63, 3.8) is 0 Å². The van der Waals surface area contributed by atoms with Crippen molar-refractivity contribution >= 4 is 27.4 Å². The lowest BCUT2D eigenvalue weighted by molar-refractivity contribution is -0.384. The molecule has 0 fully saturated rings. The van der Waals surface area contributed by atoms with E-state index in [2.05, 4.69) is 14.8 Å². The second kappa shape index (κ2) is 6.30. The van der Waals surface area contributed by atoms with Gasteiger partial charge >= 0.3 is 5.97 Å². The van der Waals surface area contributed by atoms with Crippen LogP contribution in [-0.2, 0) is 19.6 Å². The number of hydrogen-bond acceptors (Lipinski definition) is 7. The summed E-state index contributed by atoms with van der Waals surface area (Å²) >= 11 is 0. The first kappa shape index (κ1) is 15.9. The number of hydrogen-bond donors (Lipinski definition) is 2. The Balaban J connectivity index is 3.15. The van der Waals surface area contributed by atoms with Crippen molar-refractivity contribution in [1.82, 2.24) is 4.72 Å². The molecule has 0 aliphatic rings. The van der Waals surface area contributed by atoms with Crippen LogP contribution in [0.4, 0.5) is 11.4 Å². The lowest BCUT2D eigenvalue weighted by atomic mass is 10.2. The summed E-state index contributed by atoms with van der Waals surface area (Å²) in [5.74, 6) is -0.605. The fourth-order valence-corrected chi connectivity index (χ4v) is 2.09. The summed E-state index contributed by atoms with van der Waals surface area (Å²) < 4.78 is 29.6. The van der Waals surface area contributed by atoms with Gasteiger partial charge in [0.2, 0.25) is 10.0 Å². The van der Waals surface area contributed by atoms with Crippen molar-refractivity contribution in [3.05, 3.63) is 28.3 Å². The van der Waals surface area contributed by atoms with Crippen molar-refractivity contribution in [2.75, 3.05) is 26.0 Å². The van der Waals surface area contributed by atoms with E-state index >= 15 is 0 Å². The number of esters is 1. The number of sulfonamides is 1. The summed E-state index contributed by atoms with van der Waals surface area (Å²) in [7, 11) is -1.40. The molecule has 2 N–H and O–H groups in total. The number of ether oxygens (including phenoxy) is 1. The second-order valence-electron chi connectivity index (χ2n) is 3.57. The van der Waals surface area contributed by atoms with Gasteiger partial charge in [0.1, 0.15) is 12.2 Å². The Morgan fingerprint density at radius 3 is 2.60 bits per heavy atom. The molecular weight excluding hydrogens is 290 g/mol. The maximum atomic E-state index is 11.6. The van der Waals surface area contributed by atoms with Crippen molar-refractivity contribution in [1.29, 1.82) is 0 Å². The van der Waals surface area contributed by atoms with E-state index in [-0.39, 0.29) is 17.1 Å². The molecule has 0 aliphatic carbocycles. The molecule has 0 unspecified atom stereocenters. The molecule has 0 atom stereocenters. The van der Waals surface area contributed by atoms with Gasteiger partial charge < -0.3 is 10.1 Å². The Kier molecular flexibility index (Phi) is 5.00. The molecule has 0 aromatic heterocycles. The molecule has 0 heterocycles. The number of nitrogens with zero attached hydrogens (tertiary/aromatic N) is 1. The molecule has 0 amide bonds. The number of nitro groups is 1. The average Bonchev–Trinajstić information content (AvgIpc) is 2.44. The smallest absolute Gasteiger partial charge is 0.325 e. The van der Waals surface area contributed by atoms with Crippen LogP contribution in [-0.4, -0.2) is 40.0 Å². The van der Waals surface area contributed by atoms with Gasteiger partial charge in [-0.2, -0.15) is 0 Å². The molecule has 110 valence electrons. The van der Waals surface area contributed by atoms with Crippen LogP contribution >= 0.6 is 0 Å². The van der Waals surface area contributed by atoms with E-state index in [0.29, 0.717) is 0 Å². The minimum Gasteiger partial charge on any atom is -0.468 e. The Bertz CT molecular complexity index is 628. The van der Waals surface area contributed by atoms with Gasteiger partial charge in [-0.1, -0.05) is 0 Å². The third kappa shape index (κ3) is 3.65. The lowest BCUT2D eigenvalue weighted by Gasteiger charge is -2.08. The SMILES string of the molecule is CNS(=O)(=O)c1ccc(NCC(=O)OC)c([N+](=O)[O-])c1. The third-order valence-corrected chi connectivity index (χ3v) is 3.81. The van der Waals surface area contributed by atoms with Gasteiger partial charge in [-0.05, 0) is 19.2 Å². The molecule has 0 radical (unpaired) electrons. The zero-order chi connectivity index (χ0) is 15.3. The minimum absolute atomic E-state index is 0.0236. The summed E-state index contributed by atoms with van der Waals surface area (Å²) in [5, 5.41) is 13.4. The number of benzene rings is 1. The number of carbonyl (C=O) groups excluding carboxylic acids is 1. The predicted molar refractivity (Wildman–Crippen MR) is 69.8 cm³/mol.